The Kier molecular flexibility index (Phi) is 4.49. The lowest BCUT2D eigenvalue weighted by atomic mass is 10.2. The van der Waals surface area contributed by atoms with E-state index in [9.17, 15) is 13.2 Å². The number of halogens is 4. The topological polar surface area (TPSA) is 24.9 Å². The van der Waals surface area contributed by atoms with Crippen LogP contribution in [0.2, 0.25) is 5.02 Å². The van der Waals surface area contributed by atoms with Crippen LogP contribution in [0, 0.1) is 0 Å². The zero-order chi connectivity index (χ0) is 14.6. The average molecular weight is 301 g/mol. The number of rotatable bonds is 4. The van der Waals surface area contributed by atoms with Crippen LogP contribution in [0.5, 0.6) is 0 Å². The number of nitrogens with one attached hydrogen (secondary N) is 1. The predicted octanol–water partition coefficient (Wildman–Crippen LogP) is 4.41. The molecule has 6 heteroatoms. The summed E-state index contributed by atoms with van der Waals surface area (Å²) in [6.07, 6.45) is -2.14. The maximum absolute atomic E-state index is 12.7. The maximum Gasteiger partial charge on any atom is 0.417 e. The summed E-state index contributed by atoms with van der Waals surface area (Å²) in [5.41, 5.74) is 0.435. The van der Waals surface area contributed by atoms with Crippen molar-refractivity contribution in [2.24, 2.45) is 0 Å². The number of hydrogen-bond acceptors (Lipinski definition) is 2. The molecule has 0 atom stereocenters. The van der Waals surface area contributed by atoms with E-state index in [0.717, 1.165) is 11.8 Å². The van der Waals surface area contributed by atoms with Crippen LogP contribution in [0.15, 0.2) is 42.6 Å². The van der Waals surface area contributed by atoms with Gasteiger partial charge in [-0.1, -0.05) is 17.7 Å². The smallest absolute Gasteiger partial charge is 0.385 e. The second-order valence-electron chi connectivity index (χ2n) is 4.19. The van der Waals surface area contributed by atoms with Crippen molar-refractivity contribution >= 4 is 17.3 Å². The normalized spacial score (nSPS) is 11.4. The summed E-state index contributed by atoms with van der Waals surface area (Å²) < 4.78 is 38.1. The zero-order valence-corrected chi connectivity index (χ0v) is 11.2. The van der Waals surface area contributed by atoms with Crippen molar-refractivity contribution in [3.8, 4) is 0 Å². The Bertz CT molecular complexity index is 570. The van der Waals surface area contributed by atoms with Crippen LogP contribution in [0.4, 0.5) is 18.9 Å². The predicted molar refractivity (Wildman–Crippen MR) is 72.9 cm³/mol. The fraction of sp³-hybridized carbons (Fsp3) is 0.214. The van der Waals surface area contributed by atoms with E-state index in [1.54, 1.807) is 6.20 Å². The van der Waals surface area contributed by atoms with Gasteiger partial charge >= 0.3 is 6.18 Å². The zero-order valence-electron chi connectivity index (χ0n) is 10.4. The number of pyridine rings is 1. The van der Waals surface area contributed by atoms with Gasteiger partial charge in [0.15, 0.2) is 0 Å². The molecule has 0 fully saturated rings. The number of alkyl halides is 3. The van der Waals surface area contributed by atoms with Gasteiger partial charge in [0.2, 0.25) is 0 Å². The third-order valence-electron chi connectivity index (χ3n) is 2.71. The molecule has 0 aliphatic heterocycles. The van der Waals surface area contributed by atoms with Crippen molar-refractivity contribution in [1.82, 2.24) is 4.98 Å². The molecule has 0 amide bonds. The van der Waals surface area contributed by atoms with Gasteiger partial charge in [0.25, 0.3) is 0 Å². The van der Waals surface area contributed by atoms with Crippen LogP contribution in [0.1, 0.15) is 11.3 Å². The molecule has 106 valence electrons. The molecule has 1 heterocycles. The Balaban J connectivity index is 2.00. The first-order chi connectivity index (χ1) is 9.47. The Morgan fingerprint density at radius 2 is 1.95 bits per heavy atom. The average Bonchev–Trinajstić information content (AvgIpc) is 2.40. The van der Waals surface area contributed by atoms with Crippen LogP contribution < -0.4 is 5.32 Å². The van der Waals surface area contributed by atoms with Gasteiger partial charge in [-0.3, -0.25) is 4.98 Å². The van der Waals surface area contributed by atoms with E-state index in [1.807, 2.05) is 18.2 Å². The van der Waals surface area contributed by atoms with E-state index in [4.69, 9.17) is 11.6 Å². The minimum Gasteiger partial charge on any atom is -0.385 e. The minimum atomic E-state index is -4.45. The summed E-state index contributed by atoms with van der Waals surface area (Å²) in [6, 6.07) is 9.33. The molecular formula is C14H12ClF3N2. The van der Waals surface area contributed by atoms with Gasteiger partial charge in [-0.05, 0) is 30.3 Å². The molecule has 0 aliphatic carbocycles. The number of hydrogen-bond donors (Lipinski definition) is 1. The molecule has 1 aromatic heterocycles. The van der Waals surface area contributed by atoms with E-state index >= 15 is 0 Å². The first kappa shape index (κ1) is 14.7. The Labute approximate surface area is 119 Å². The van der Waals surface area contributed by atoms with E-state index in [0.29, 0.717) is 18.7 Å². The molecule has 0 unspecified atom stereocenters. The molecule has 0 saturated heterocycles. The molecule has 2 aromatic rings. The first-order valence-electron chi connectivity index (χ1n) is 5.97. The summed E-state index contributed by atoms with van der Waals surface area (Å²) in [7, 11) is 0. The van der Waals surface area contributed by atoms with Crippen molar-refractivity contribution in [3.05, 3.63) is 58.9 Å². The highest BCUT2D eigenvalue weighted by molar-refractivity contribution is 6.31. The second-order valence-corrected chi connectivity index (χ2v) is 4.60. The number of nitrogens with zero attached hydrogens (tertiary/aromatic N) is 1. The van der Waals surface area contributed by atoms with E-state index in [2.05, 4.69) is 10.3 Å². The third kappa shape index (κ3) is 3.87. The van der Waals surface area contributed by atoms with Crippen molar-refractivity contribution in [3.63, 3.8) is 0 Å². The van der Waals surface area contributed by atoms with E-state index in [-0.39, 0.29) is 5.02 Å². The molecule has 0 saturated carbocycles. The molecule has 2 rings (SSSR count). The fourth-order valence-corrected chi connectivity index (χ4v) is 1.96. The van der Waals surface area contributed by atoms with E-state index < -0.39 is 11.7 Å². The van der Waals surface area contributed by atoms with Gasteiger partial charge in [0.1, 0.15) is 0 Å². The minimum absolute atomic E-state index is 0.298. The van der Waals surface area contributed by atoms with Crippen LogP contribution in [-0.4, -0.2) is 11.5 Å². The Morgan fingerprint density at radius 3 is 2.60 bits per heavy atom. The Morgan fingerprint density at radius 1 is 1.15 bits per heavy atom. The van der Waals surface area contributed by atoms with Gasteiger partial charge in [0, 0.05) is 30.5 Å². The second kappa shape index (κ2) is 6.13. The van der Waals surface area contributed by atoms with Crippen LogP contribution in [-0.2, 0) is 12.6 Å². The molecule has 0 spiro atoms. The molecular weight excluding hydrogens is 289 g/mol. The largest absolute Gasteiger partial charge is 0.417 e. The maximum atomic E-state index is 12.7. The highest BCUT2D eigenvalue weighted by Gasteiger charge is 2.33. The Hall–Kier alpha value is -1.75. The SMILES string of the molecule is FC(F)(F)c1cc(NCCc2ccccn2)ccc1Cl. The van der Waals surface area contributed by atoms with Gasteiger partial charge in [-0.25, -0.2) is 0 Å². The molecule has 0 radical (unpaired) electrons. The lowest BCUT2D eigenvalue weighted by molar-refractivity contribution is -0.137. The van der Waals surface area contributed by atoms with Gasteiger partial charge in [0.05, 0.1) is 10.6 Å². The molecule has 1 aromatic carbocycles. The van der Waals surface area contributed by atoms with E-state index in [1.165, 1.54) is 12.1 Å². The molecule has 1 N–H and O–H groups in total. The third-order valence-corrected chi connectivity index (χ3v) is 3.04. The highest BCUT2D eigenvalue weighted by Crippen LogP contribution is 2.36. The summed E-state index contributed by atoms with van der Waals surface area (Å²) in [5, 5.41) is 2.64. The fourth-order valence-electron chi connectivity index (χ4n) is 1.73. The van der Waals surface area contributed by atoms with Gasteiger partial charge in [-0.2, -0.15) is 13.2 Å². The monoisotopic (exact) mass is 300 g/mol. The lowest BCUT2D eigenvalue weighted by Crippen LogP contribution is -2.09. The van der Waals surface area contributed by atoms with Crippen molar-refractivity contribution in [1.29, 1.82) is 0 Å². The quantitative estimate of drug-likeness (QED) is 0.905. The highest BCUT2D eigenvalue weighted by atomic mass is 35.5. The standard InChI is InChI=1S/C14H12ClF3N2/c15-13-5-4-11(9-12(13)14(16,17)18)20-8-6-10-3-1-2-7-19-10/h1-5,7,9,20H,6,8H2. The molecule has 0 bridgehead atoms. The summed E-state index contributed by atoms with van der Waals surface area (Å²) in [5.74, 6) is 0. The number of benzene rings is 1. The summed E-state index contributed by atoms with van der Waals surface area (Å²) >= 11 is 5.55. The lowest BCUT2D eigenvalue weighted by Gasteiger charge is -2.12. The van der Waals surface area contributed by atoms with Crippen LogP contribution >= 0.6 is 11.6 Å². The van der Waals surface area contributed by atoms with Crippen molar-refractivity contribution in [2.45, 2.75) is 12.6 Å². The first-order valence-corrected chi connectivity index (χ1v) is 6.35. The number of aromatic nitrogens is 1. The summed E-state index contributed by atoms with van der Waals surface area (Å²) in [6.45, 7) is 0.496. The summed E-state index contributed by atoms with van der Waals surface area (Å²) in [4.78, 5) is 4.14. The molecule has 0 aliphatic rings. The molecule has 2 nitrogen and oxygen atoms in total. The van der Waals surface area contributed by atoms with Gasteiger partial charge in [-0.15, -0.1) is 0 Å². The van der Waals surface area contributed by atoms with Gasteiger partial charge < -0.3 is 5.32 Å². The van der Waals surface area contributed by atoms with Crippen molar-refractivity contribution in [2.75, 3.05) is 11.9 Å². The van der Waals surface area contributed by atoms with Crippen LogP contribution in [0.3, 0.4) is 0 Å². The van der Waals surface area contributed by atoms with Crippen molar-refractivity contribution < 1.29 is 13.2 Å². The molecule has 20 heavy (non-hydrogen) atoms. The number of anilines is 1. The van der Waals surface area contributed by atoms with Crippen LogP contribution in [0.25, 0.3) is 0 Å².